The van der Waals surface area contributed by atoms with Gasteiger partial charge < -0.3 is 19.9 Å². The van der Waals surface area contributed by atoms with Crippen molar-refractivity contribution in [3.63, 3.8) is 0 Å². The SMILES string of the molecule is N#Cc1ccc(N2CCN(C(=S)N/C=C3/COc4ccccc43)CC2)cc1. The van der Waals surface area contributed by atoms with Gasteiger partial charge in [0, 0.05) is 49.2 Å². The van der Waals surface area contributed by atoms with E-state index in [2.05, 4.69) is 27.3 Å². The first kappa shape index (κ1) is 17.4. The second-order valence-corrected chi connectivity index (χ2v) is 6.92. The molecule has 6 heteroatoms. The van der Waals surface area contributed by atoms with Gasteiger partial charge in [-0.2, -0.15) is 5.26 Å². The average molecular weight is 376 g/mol. The Balaban J connectivity index is 1.32. The van der Waals surface area contributed by atoms with E-state index in [-0.39, 0.29) is 0 Å². The molecule has 0 spiro atoms. The van der Waals surface area contributed by atoms with Gasteiger partial charge >= 0.3 is 0 Å². The van der Waals surface area contributed by atoms with Crippen LogP contribution in [0.25, 0.3) is 5.57 Å². The number of fused-ring (bicyclic) bond motifs is 1. The first-order valence-electron chi connectivity index (χ1n) is 8.96. The van der Waals surface area contributed by atoms with Crippen molar-refractivity contribution >= 4 is 28.6 Å². The summed E-state index contributed by atoms with van der Waals surface area (Å²) in [5.74, 6) is 0.924. The molecule has 0 saturated carbocycles. The summed E-state index contributed by atoms with van der Waals surface area (Å²) >= 11 is 5.57. The van der Waals surface area contributed by atoms with Crippen molar-refractivity contribution in [3.05, 3.63) is 65.9 Å². The molecule has 0 radical (unpaired) electrons. The predicted molar refractivity (Wildman–Crippen MR) is 111 cm³/mol. The van der Waals surface area contributed by atoms with Gasteiger partial charge in [-0.05, 0) is 42.5 Å². The van der Waals surface area contributed by atoms with Crippen LogP contribution in [0.1, 0.15) is 11.1 Å². The molecule has 0 aliphatic carbocycles. The molecule has 2 aliphatic rings. The summed E-state index contributed by atoms with van der Waals surface area (Å²) in [4.78, 5) is 4.51. The Morgan fingerprint density at radius 3 is 2.56 bits per heavy atom. The van der Waals surface area contributed by atoms with E-state index >= 15 is 0 Å². The van der Waals surface area contributed by atoms with Gasteiger partial charge in [-0.25, -0.2) is 0 Å². The Kier molecular flexibility index (Phi) is 4.95. The number of nitriles is 1. The third-order valence-electron chi connectivity index (χ3n) is 4.91. The average Bonchev–Trinajstić information content (AvgIpc) is 3.15. The van der Waals surface area contributed by atoms with Crippen molar-refractivity contribution in [3.8, 4) is 11.8 Å². The molecule has 2 aromatic rings. The number of hydrogen-bond donors (Lipinski definition) is 1. The largest absolute Gasteiger partial charge is 0.488 e. The smallest absolute Gasteiger partial charge is 0.173 e. The van der Waals surface area contributed by atoms with Crippen LogP contribution in [0.5, 0.6) is 5.75 Å². The Hall–Kier alpha value is -3.04. The summed E-state index contributed by atoms with van der Waals surface area (Å²) in [5, 5.41) is 12.9. The van der Waals surface area contributed by atoms with E-state index in [0.29, 0.717) is 12.2 Å². The number of rotatable bonds is 2. The highest BCUT2D eigenvalue weighted by Crippen LogP contribution is 2.32. The quantitative estimate of drug-likeness (QED) is 0.814. The van der Waals surface area contributed by atoms with E-state index in [1.807, 2.05) is 48.7 Å². The first-order chi connectivity index (χ1) is 13.2. The normalized spacial score (nSPS) is 17.2. The van der Waals surface area contributed by atoms with E-state index in [0.717, 1.165) is 53.9 Å². The van der Waals surface area contributed by atoms with Gasteiger partial charge in [-0.1, -0.05) is 18.2 Å². The van der Waals surface area contributed by atoms with Crippen molar-refractivity contribution in [2.24, 2.45) is 0 Å². The third kappa shape index (κ3) is 3.74. The maximum Gasteiger partial charge on any atom is 0.173 e. The molecule has 27 heavy (non-hydrogen) atoms. The molecule has 2 heterocycles. The van der Waals surface area contributed by atoms with Gasteiger partial charge in [0.05, 0.1) is 11.6 Å². The van der Waals surface area contributed by atoms with Gasteiger partial charge in [-0.3, -0.25) is 0 Å². The predicted octanol–water partition coefficient (Wildman–Crippen LogP) is 2.99. The molecule has 1 fully saturated rings. The van der Waals surface area contributed by atoms with Gasteiger partial charge in [0.15, 0.2) is 5.11 Å². The fourth-order valence-corrected chi connectivity index (χ4v) is 3.61. The van der Waals surface area contributed by atoms with Gasteiger partial charge in [0.2, 0.25) is 0 Å². The van der Waals surface area contributed by atoms with Gasteiger partial charge in [0.25, 0.3) is 0 Å². The number of ether oxygens (including phenoxy) is 1. The summed E-state index contributed by atoms with van der Waals surface area (Å²) in [6, 6.07) is 17.9. The molecular formula is C21H20N4OS. The molecule has 0 amide bonds. The number of hydrogen-bond acceptors (Lipinski definition) is 4. The van der Waals surface area contributed by atoms with Crippen LogP contribution in [0, 0.1) is 11.3 Å². The summed E-state index contributed by atoms with van der Waals surface area (Å²) in [6.45, 7) is 4.10. The fourth-order valence-electron chi connectivity index (χ4n) is 3.37. The van der Waals surface area contributed by atoms with Crippen molar-refractivity contribution < 1.29 is 4.74 Å². The van der Waals surface area contributed by atoms with Crippen molar-refractivity contribution in [2.45, 2.75) is 0 Å². The number of thiocarbonyl (C=S) groups is 1. The molecule has 0 bridgehead atoms. The first-order valence-corrected chi connectivity index (χ1v) is 9.37. The molecule has 2 aliphatic heterocycles. The molecule has 0 unspecified atom stereocenters. The van der Waals surface area contributed by atoms with Crippen LogP contribution in [-0.2, 0) is 0 Å². The monoisotopic (exact) mass is 376 g/mol. The topological polar surface area (TPSA) is 51.5 Å². The molecule has 1 saturated heterocycles. The zero-order chi connectivity index (χ0) is 18.6. The van der Waals surface area contributed by atoms with E-state index < -0.39 is 0 Å². The third-order valence-corrected chi connectivity index (χ3v) is 5.29. The number of nitrogens with one attached hydrogen (secondary N) is 1. The maximum absolute atomic E-state index is 8.91. The zero-order valence-corrected chi connectivity index (χ0v) is 15.7. The Labute approximate surface area is 164 Å². The molecule has 136 valence electrons. The summed E-state index contributed by atoms with van der Waals surface area (Å²) in [7, 11) is 0. The summed E-state index contributed by atoms with van der Waals surface area (Å²) in [6.07, 6.45) is 1.96. The number of para-hydroxylation sites is 1. The maximum atomic E-state index is 8.91. The highest BCUT2D eigenvalue weighted by atomic mass is 32.1. The van der Waals surface area contributed by atoms with Gasteiger partial charge in [-0.15, -0.1) is 0 Å². The van der Waals surface area contributed by atoms with Crippen LogP contribution in [0.4, 0.5) is 5.69 Å². The molecule has 5 nitrogen and oxygen atoms in total. The molecule has 1 N–H and O–H groups in total. The lowest BCUT2D eigenvalue weighted by molar-refractivity contribution is 0.383. The van der Waals surface area contributed by atoms with E-state index in [4.69, 9.17) is 22.2 Å². The lowest BCUT2D eigenvalue weighted by atomic mass is 10.1. The standard InChI is InChI=1S/C21H20N4OS/c22-13-16-5-7-18(8-6-16)24-9-11-25(12-10-24)21(27)23-14-17-15-26-20-4-2-1-3-19(17)20/h1-8,14H,9-12,15H2,(H,23,27)/b17-14-. The fraction of sp³-hybridized carbons (Fsp3) is 0.238. The van der Waals surface area contributed by atoms with Crippen LogP contribution >= 0.6 is 12.2 Å². The lowest BCUT2D eigenvalue weighted by Gasteiger charge is -2.37. The molecule has 2 aromatic carbocycles. The Bertz CT molecular complexity index is 909. The minimum atomic E-state index is 0.571. The van der Waals surface area contributed by atoms with Crippen molar-refractivity contribution in [1.82, 2.24) is 10.2 Å². The van der Waals surface area contributed by atoms with Crippen LogP contribution in [-0.4, -0.2) is 42.8 Å². The Morgan fingerprint density at radius 1 is 1.07 bits per heavy atom. The Morgan fingerprint density at radius 2 is 1.81 bits per heavy atom. The summed E-state index contributed by atoms with van der Waals surface area (Å²) in [5.41, 5.74) is 4.07. The van der Waals surface area contributed by atoms with E-state index in [1.165, 1.54) is 0 Å². The van der Waals surface area contributed by atoms with E-state index in [9.17, 15) is 0 Å². The zero-order valence-electron chi connectivity index (χ0n) is 14.9. The molecule has 0 atom stereocenters. The molecule has 0 aromatic heterocycles. The lowest BCUT2D eigenvalue weighted by Crippen LogP contribution is -2.51. The van der Waals surface area contributed by atoms with Gasteiger partial charge in [0.1, 0.15) is 12.4 Å². The van der Waals surface area contributed by atoms with Crippen molar-refractivity contribution in [1.29, 1.82) is 5.26 Å². The number of benzene rings is 2. The highest BCUT2D eigenvalue weighted by molar-refractivity contribution is 7.80. The second kappa shape index (κ2) is 7.68. The number of anilines is 1. The van der Waals surface area contributed by atoms with Crippen LogP contribution < -0.4 is 15.0 Å². The second-order valence-electron chi connectivity index (χ2n) is 6.54. The molecule has 4 rings (SSSR count). The van der Waals surface area contributed by atoms with Crippen LogP contribution in [0.15, 0.2) is 54.7 Å². The minimum absolute atomic E-state index is 0.571. The molecular weight excluding hydrogens is 356 g/mol. The van der Waals surface area contributed by atoms with Crippen molar-refractivity contribution in [2.75, 3.05) is 37.7 Å². The van der Waals surface area contributed by atoms with E-state index in [1.54, 1.807) is 0 Å². The highest BCUT2D eigenvalue weighted by Gasteiger charge is 2.20. The summed E-state index contributed by atoms with van der Waals surface area (Å²) < 4.78 is 5.68. The number of piperazine rings is 1. The minimum Gasteiger partial charge on any atom is -0.488 e. The van der Waals surface area contributed by atoms with Crippen LogP contribution in [0.2, 0.25) is 0 Å². The number of nitrogens with zero attached hydrogens (tertiary/aromatic N) is 3. The van der Waals surface area contributed by atoms with Crippen LogP contribution in [0.3, 0.4) is 0 Å².